The predicted molar refractivity (Wildman–Crippen MR) is 107 cm³/mol. The highest BCUT2D eigenvalue weighted by Crippen LogP contribution is 2.30. The van der Waals surface area contributed by atoms with Crippen molar-refractivity contribution in [3.63, 3.8) is 0 Å². The van der Waals surface area contributed by atoms with E-state index in [1.165, 1.54) is 11.3 Å². The molecule has 0 saturated carbocycles. The molecule has 0 aliphatic carbocycles. The van der Waals surface area contributed by atoms with Crippen molar-refractivity contribution < 1.29 is 4.79 Å². The Morgan fingerprint density at radius 2 is 2.04 bits per heavy atom. The lowest BCUT2D eigenvalue weighted by Gasteiger charge is -2.31. The minimum atomic E-state index is 0. The van der Waals surface area contributed by atoms with Crippen LogP contribution in [-0.2, 0) is 0 Å². The Balaban J connectivity index is 0.00000225. The monoisotopic (exact) mass is 419 g/mol. The number of halogens is 3. The number of hydrogen-bond acceptors (Lipinski definition) is 4. The second-order valence-electron chi connectivity index (χ2n) is 5.96. The van der Waals surface area contributed by atoms with Crippen LogP contribution >= 0.6 is 46.9 Å². The Hall–Kier alpha value is -0.850. The molecule has 0 unspecified atom stereocenters. The van der Waals surface area contributed by atoms with E-state index in [2.05, 4.69) is 10.3 Å². The van der Waals surface area contributed by atoms with Crippen molar-refractivity contribution in [2.24, 2.45) is 5.92 Å². The first-order valence-corrected chi connectivity index (χ1v) is 9.57. The van der Waals surface area contributed by atoms with Crippen LogP contribution in [0.25, 0.3) is 10.6 Å². The molecule has 2 heterocycles. The molecule has 0 radical (unpaired) electrons. The van der Waals surface area contributed by atoms with E-state index in [4.69, 9.17) is 23.2 Å². The minimum absolute atomic E-state index is 0. The van der Waals surface area contributed by atoms with E-state index in [1.807, 2.05) is 23.4 Å². The number of amides is 1. The number of aromatic nitrogens is 1. The quantitative estimate of drug-likeness (QED) is 0.785. The van der Waals surface area contributed by atoms with Crippen LogP contribution in [0.1, 0.15) is 23.3 Å². The van der Waals surface area contributed by atoms with Gasteiger partial charge in [0.1, 0.15) is 10.7 Å². The normalized spacial score (nSPS) is 15.1. The summed E-state index contributed by atoms with van der Waals surface area (Å²) in [7, 11) is 1.97. The molecule has 1 amide bonds. The van der Waals surface area contributed by atoms with E-state index in [0.717, 1.165) is 43.0 Å². The lowest BCUT2D eigenvalue weighted by Crippen LogP contribution is -2.40. The molecular formula is C17H20Cl3N3OS. The summed E-state index contributed by atoms with van der Waals surface area (Å²) in [5.41, 5.74) is 1.38. The van der Waals surface area contributed by atoms with Gasteiger partial charge >= 0.3 is 0 Å². The van der Waals surface area contributed by atoms with Gasteiger partial charge in [-0.3, -0.25) is 4.79 Å². The maximum Gasteiger partial charge on any atom is 0.273 e. The summed E-state index contributed by atoms with van der Waals surface area (Å²) in [6.07, 6.45) is 2.08. The zero-order valence-electron chi connectivity index (χ0n) is 13.8. The van der Waals surface area contributed by atoms with Gasteiger partial charge in [-0.15, -0.1) is 23.7 Å². The van der Waals surface area contributed by atoms with Crippen molar-refractivity contribution in [3.8, 4) is 10.6 Å². The molecule has 2 aromatic rings. The lowest BCUT2D eigenvalue weighted by atomic mass is 9.97. The molecule has 3 rings (SSSR count). The van der Waals surface area contributed by atoms with Crippen LogP contribution < -0.4 is 5.32 Å². The number of nitrogens with one attached hydrogen (secondary N) is 1. The van der Waals surface area contributed by atoms with Crippen molar-refractivity contribution in [3.05, 3.63) is 39.3 Å². The van der Waals surface area contributed by atoms with Crippen LogP contribution in [0.3, 0.4) is 0 Å². The summed E-state index contributed by atoms with van der Waals surface area (Å²) in [5.74, 6) is 0.668. The number of carbonyl (C=O) groups excluding carboxylic acids is 1. The van der Waals surface area contributed by atoms with E-state index in [0.29, 0.717) is 21.7 Å². The minimum Gasteiger partial charge on any atom is -0.337 e. The third-order valence-corrected chi connectivity index (χ3v) is 5.91. The van der Waals surface area contributed by atoms with E-state index in [9.17, 15) is 4.79 Å². The zero-order chi connectivity index (χ0) is 17.1. The Labute approximate surface area is 167 Å². The number of piperidine rings is 1. The Morgan fingerprint density at radius 3 is 2.68 bits per heavy atom. The summed E-state index contributed by atoms with van der Waals surface area (Å²) in [6.45, 7) is 2.61. The first-order valence-electron chi connectivity index (χ1n) is 7.93. The Bertz CT molecular complexity index is 730. The van der Waals surface area contributed by atoms with Crippen LogP contribution in [0.4, 0.5) is 0 Å². The van der Waals surface area contributed by atoms with Gasteiger partial charge in [0.25, 0.3) is 5.91 Å². The van der Waals surface area contributed by atoms with Gasteiger partial charge < -0.3 is 10.2 Å². The molecule has 1 N–H and O–H groups in total. The lowest BCUT2D eigenvalue weighted by molar-refractivity contribution is 0.0686. The van der Waals surface area contributed by atoms with Crippen LogP contribution in [0.5, 0.6) is 0 Å². The highest BCUT2D eigenvalue weighted by atomic mass is 35.5. The standard InChI is InChI=1S/C17H19Cl2N3OS.ClH/c1-20-9-11-4-6-22(7-5-11)17(23)15-10-24-16(21-15)12-2-3-13(18)14(19)8-12;/h2-3,8,10-11,20H,4-7,9H2,1H3;1H. The van der Waals surface area contributed by atoms with Crippen LogP contribution in [0, 0.1) is 5.92 Å². The number of nitrogens with zero attached hydrogens (tertiary/aromatic N) is 2. The van der Waals surface area contributed by atoms with Gasteiger partial charge in [0.15, 0.2) is 0 Å². The average Bonchev–Trinajstić information content (AvgIpc) is 3.08. The first-order chi connectivity index (χ1) is 11.6. The van der Waals surface area contributed by atoms with Crippen molar-refractivity contribution in [1.29, 1.82) is 0 Å². The highest BCUT2D eigenvalue weighted by molar-refractivity contribution is 7.13. The maximum absolute atomic E-state index is 12.6. The summed E-state index contributed by atoms with van der Waals surface area (Å²) in [4.78, 5) is 19.0. The molecule has 1 saturated heterocycles. The van der Waals surface area contributed by atoms with Crippen LogP contribution in [0.2, 0.25) is 10.0 Å². The molecule has 1 aliphatic rings. The third-order valence-electron chi connectivity index (χ3n) is 4.28. The molecule has 136 valence electrons. The van der Waals surface area contributed by atoms with Crippen LogP contribution in [0.15, 0.2) is 23.6 Å². The predicted octanol–water partition coefficient (Wildman–Crippen LogP) is 4.61. The highest BCUT2D eigenvalue weighted by Gasteiger charge is 2.24. The fraction of sp³-hybridized carbons (Fsp3) is 0.412. The van der Waals surface area contributed by atoms with Crippen molar-refractivity contribution in [2.45, 2.75) is 12.8 Å². The average molecular weight is 421 g/mol. The summed E-state index contributed by atoms with van der Waals surface area (Å²) >= 11 is 13.5. The van der Waals surface area contributed by atoms with Crippen LogP contribution in [-0.4, -0.2) is 42.5 Å². The molecule has 25 heavy (non-hydrogen) atoms. The molecule has 8 heteroatoms. The van der Waals surface area contributed by atoms with E-state index >= 15 is 0 Å². The fourth-order valence-electron chi connectivity index (χ4n) is 2.92. The molecule has 4 nitrogen and oxygen atoms in total. The molecule has 0 spiro atoms. The number of benzene rings is 1. The van der Waals surface area contributed by atoms with Crippen molar-refractivity contribution in [1.82, 2.24) is 15.2 Å². The summed E-state index contributed by atoms with van der Waals surface area (Å²) in [6, 6.07) is 5.39. The molecule has 1 aliphatic heterocycles. The van der Waals surface area contributed by atoms with Gasteiger partial charge in [-0.25, -0.2) is 4.98 Å². The number of likely N-dealkylation sites (tertiary alicyclic amines) is 1. The number of carbonyl (C=O) groups is 1. The molecule has 1 aromatic carbocycles. The number of hydrogen-bond donors (Lipinski definition) is 1. The summed E-state index contributed by atoms with van der Waals surface area (Å²) < 4.78 is 0. The van der Waals surface area contributed by atoms with Gasteiger partial charge in [-0.05, 0) is 44.5 Å². The maximum atomic E-state index is 12.6. The molecule has 1 aromatic heterocycles. The molecule has 0 bridgehead atoms. The third kappa shape index (κ3) is 4.86. The molecular weight excluding hydrogens is 401 g/mol. The smallest absolute Gasteiger partial charge is 0.273 e. The van der Waals surface area contributed by atoms with E-state index in [1.54, 1.807) is 12.1 Å². The Kier molecular flexibility index (Phi) is 7.52. The Morgan fingerprint density at radius 1 is 1.32 bits per heavy atom. The largest absolute Gasteiger partial charge is 0.337 e. The van der Waals surface area contributed by atoms with Gasteiger partial charge in [0.2, 0.25) is 0 Å². The van der Waals surface area contributed by atoms with Gasteiger partial charge in [-0.1, -0.05) is 29.3 Å². The zero-order valence-corrected chi connectivity index (χ0v) is 16.9. The van der Waals surface area contributed by atoms with Gasteiger partial charge in [0.05, 0.1) is 10.0 Å². The van der Waals surface area contributed by atoms with E-state index in [-0.39, 0.29) is 18.3 Å². The molecule has 1 fully saturated rings. The fourth-order valence-corrected chi connectivity index (χ4v) is 4.01. The van der Waals surface area contributed by atoms with Crippen molar-refractivity contribution in [2.75, 3.05) is 26.7 Å². The topological polar surface area (TPSA) is 45.2 Å². The van der Waals surface area contributed by atoms with Gasteiger partial charge in [0, 0.05) is 24.0 Å². The second kappa shape index (κ2) is 9.19. The number of rotatable bonds is 4. The van der Waals surface area contributed by atoms with Crippen molar-refractivity contribution >= 4 is 52.9 Å². The second-order valence-corrected chi connectivity index (χ2v) is 7.63. The molecule has 0 atom stereocenters. The van der Waals surface area contributed by atoms with Gasteiger partial charge in [-0.2, -0.15) is 0 Å². The first kappa shape index (κ1) is 20.5. The van der Waals surface area contributed by atoms with E-state index < -0.39 is 0 Å². The summed E-state index contributed by atoms with van der Waals surface area (Å²) in [5, 5.41) is 6.81. The SMILES string of the molecule is CNCC1CCN(C(=O)c2csc(-c3ccc(Cl)c(Cl)c3)n2)CC1.Cl. The number of thiazole rings is 1.